The van der Waals surface area contributed by atoms with E-state index in [2.05, 4.69) is 10.3 Å². The molecule has 0 aliphatic carbocycles. The largest absolute Gasteiger partial charge is 0.496 e. The summed E-state index contributed by atoms with van der Waals surface area (Å²) < 4.78 is 10.5. The highest BCUT2D eigenvalue weighted by Gasteiger charge is 2.14. The number of carbonyl (C=O) groups excluding carboxylic acids is 1. The first kappa shape index (κ1) is 13.4. The molecule has 6 heteroatoms. The van der Waals surface area contributed by atoms with Crippen molar-refractivity contribution in [2.24, 2.45) is 0 Å². The Morgan fingerprint density at radius 1 is 1.26 bits per heavy atom. The minimum Gasteiger partial charge on any atom is -0.496 e. The van der Waals surface area contributed by atoms with Gasteiger partial charge in [0.1, 0.15) is 11.5 Å². The van der Waals surface area contributed by atoms with Gasteiger partial charge in [0.05, 0.1) is 14.2 Å². The Balaban J connectivity index is 2.31. The van der Waals surface area contributed by atoms with E-state index in [1.807, 2.05) is 6.92 Å². The van der Waals surface area contributed by atoms with Gasteiger partial charge in [-0.2, -0.15) is 0 Å². The van der Waals surface area contributed by atoms with Gasteiger partial charge in [-0.05, 0) is 19.1 Å². The lowest BCUT2D eigenvalue weighted by atomic mass is 10.1. The number of benzene rings is 1. The van der Waals surface area contributed by atoms with Gasteiger partial charge in [-0.15, -0.1) is 11.3 Å². The highest BCUT2D eigenvalue weighted by molar-refractivity contribution is 7.13. The molecular weight excluding hydrogens is 264 g/mol. The Labute approximate surface area is 115 Å². The Morgan fingerprint density at radius 2 is 1.89 bits per heavy atom. The summed E-state index contributed by atoms with van der Waals surface area (Å²) in [6, 6.07) is 3.36. The minimum atomic E-state index is -0.244. The molecule has 5 nitrogen and oxygen atoms in total. The maximum absolute atomic E-state index is 12.1. The van der Waals surface area contributed by atoms with Crippen LogP contribution in [0.1, 0.15) is 15.9 Å². The molecule has 1 aromatic heterocycles. The number of methoxy groups -OCH3 is 2. The first-order valence-electron chi connectivity index (χ1n) is 5.59. The molecule has 0 radical (unpaired) electrons. The van der Waals surface area contributed by atoms with Crippen molar-refractivity contribution >= 4 is 22.4 Å². The molecule has 19 heavy (non-hydrogen) atoms. The zero-order valence-electron chi connectivity index (χ0n) is 10.9. The number of nitrogens with zero attached hydrogens (tertiary/aromatic N) is 1. The standard InChI is InChI=1S/C13H14N2O3S/c1-8-10(17-2)6-9(7-11(8)18-3)12(16)15-13-14-4-5-19-13/h4-7H,1-3H3,(H,14,15,16). The Bertz CT molecular complexity index is 557. The molecule has 0 aliphatic heterocycles. The van der Waals surface area contributed by atoms with Gasteiger partial charge in [-0.1, -0.05) is 0 Å². The lowest BCUT2D eigenvalue weighted by Crippen LogP contribution is -2.12. The first-order valence-corrected chi connectivity index (χ1v) is 6.47. The molecule has 0 aliphatic rings. The second kappa shape index (κ2) is 5.71. The molecular formula is C13H14N2O3S. The summed E-state index contributed by atoms with van der Waals surface area (Å²) >= 11 is 1.36. The third-order valence-electron chi connectivity index (χ3n) is 2.67. The summed E-state index contributed by atoms with van der Waals surface area (Å²) in [5, 5.41) is 5.07. The zero-order chi connectivity index (χ0) is 13.8. The smallest absolute Gasteiger partial charge is 0.257 e. The van der Waals surface area contributed by atoms with Crippen molar-refractivity contribution < 1.29 is 14.3 Å². The second-order valence-electron chi connectivity index (χ2n) is 3.80. The molecule has 0 atom stereocenters. The molecule has 1 amide bonds. The van der Waals surface area contributed by atoms with Crippen molar-refractivity contribution in [2.75, 3.05) is 19.5 Å². The van der Waals surface area contributed by atoms with Crippen molar-refractivity contribution in [2.45, 2.75) is 6.92 Å². The number of rotatable bonds is 4. The van der Waals surface area contributed by atoms with Gasteiger partial charge in [0, 0.05) is 22.7 Å². The van der Waals surface area contributed by atoms with Crippen molar-refractivity contribution in [3.05, 3.63) is 34.8 Å². The summed E-state index contributed by atoms with van der Waals surface area (Å²) in [7, 11) is 3.12. The highest BCUT2D eigenvalue weighted by Crippen LogP contribution is 2.29. The quantitative estimate of drug-likeness (QED) is 0.934. The van der Waals surface area contributed by atoms with E-state index in [0.29, 0.717) is 22.2 Å². The average molecular weight is 278 g/mol. The van der Waals surface area contributed by atoms with E-state index in [9.17, 15) is 4.79 Å². The molecule has 0 saturated heterocycles. The first-order chi connectivity index (χ1) is 9.15. The summed E-state index contributed by atoms with van der Waals surface area (Å²) in [4.78, 5) is 16.1. The van der Waals surface area contributed by atoms with Crippen LogP contribution in [0.5, 0.6) is 11.5 Å². The maximum atomic E-state index is 12.1. The molecule has 0 unspecified atom stereocenters. The van der Waals surface area contributed by atoms with Crippen LogP contribution in [0.2, 0.25) is 0 Å². The van der Waals surface area contributed by atoms with Crippen LogP contribution in [0, 0.1) is 6.92 Å². The van der Waals surface area contributed by atoms with Gasteiger partial charge in [0.25, 0.3) is 5.91 Å². The van der Waals surface area contributed by atoms with Crippen LogP contribution >= 0.6 is 11.3 Å². The van der Waals surface area contributed by atoms with Gasteiger partial charge >= 0.3 is 0 Å². The Hall–Kier alpha value is -2.08. The number of anilines is 1. The topological polar surface area (TPSA) is 60.5 Å². The van der Waals surface area contributed by atoms with Crippen LogP contribution < -0.4 is 14.8 Å². The summed E-state index contributed by atoms with van der Waals surface area (Å²) in [6.45, 7) is 1.88. The molecule has 0 saturated carbocycles. The fraction of sp³-hybridized carbons (Fsp3) is 0.231. The van der Waals surface area contributed by atoms with Crippen molar-refractivity contribution in [1.29, 1.82) is 0 Å². The van der Waals surface area contributed by atoms with Crippen LogP contribution in [0.25, 0.3) is 0 Å². The number of hydrogen-bond donors (Lipinski definition) is 1. The summed E-state index contributed by atoms with van der Waals surface area (Å²) in [6.07, 6.45) is 1.64. The van der Waals surface area contributed by atoms with Crippen molar-refractivity contribution in [3.8, 4) is 11.5 Å². The molecule has 1 heterocycles. The van der Waals surface area contributed by atoms with Crippen LogP contribution in [-0.4, -0.2) is 25.1 Å². The van der Waals surface area contributed by atoms with E-state index < -0.39 is 0 Å². The Kier molecular flexibility index (Phi) is 4.01. The lowest BCUT2D eigenvalue weighted by Gasteiger charge is -2.12. The number of thiazole rings is 1. The van der Waals surface area contributed by atoms with E-state index in [4.69, 9.17) is 9.47 Å². The second-order valence-corrected chi connectivity index (χ2v) is 4.69. The van der Waals surface area contributed by atoms with Crippen LogP contribution in [-0.2, 0) is 0 Å². The molecule has 1 N–H and O–H groups in total. The van der Waals surface area contributed by atoms with Crippen LogP contribution in [0.4, 0.5) is 5.13 Å². The number of nitrogens with one attached hydrogen (secondary N) is 1. The third-order valence-corrected chi connectivity index (χ3v) is 3.36. The van der Waals surface area contributed by atoms with Gasteiger partial charge < -0.3 is 9.47 Å². The Morgan fingerprint density at radius 3 is 2.37 bits per heavy atom. The summed E-state index contributed by atoms with van der Waals surface area (Å²) in [5.41, 5.74) is 1.32. The fourth-order valence-corrected chi connectivity index (χ4v) is 2.20. The number of amides is 1. The van der Waals surface area contributed by atoms with Crippen LogP contribution in [0.15, 0.2) is 23.7 Å². The molecule has 1 aromatic carbocycles. The van der Waals surface area contributed by atoms with E-state index in [1.165, 1.54) is 11.3 Å². The molecule has 0 bridgehead atoms. The normalized spacial score (nSPS) is 10.1. The minimum absolute atomic E-state index is 0.244. The third kappa shape index (κ3) is 2.85. The van der Waals surface area contributed by atoms with Gasteiger partial charge in [-0.3, -0.25) is 10.1 Å². The van der Waals surface area contributed by atoms with Crippen molar-refractivity contribution in [3.63, 3.8) is 0 Å². The number of carbonyl (C=O) groups is 1. The molecule has 2 aromatic rings. The van der Waals surface area contributed by atoms with E-state index >= 15 is 0 Å². The predicted molar refractivity (Wildman–Crippen MR) is 74.4 cm³/mol. The van der Waals surface area contributed by atoms with E-state index in [1.54, 1.807) is 37.9 Å². The number of hydrogen-bond acceptors (Lipinski definition) is 5. The predicted octanol–water partition coefficient (Wildman–Crippen LogP) is 2.72. The highest BCUT2D eigenvalue weighted by atomic mass is 32.1. The SMILES string of the molecule is COc1cc(C(=O)Nc2nccs2)cc(OC)c1C. The average Bonchev–Trinajstić information content (AvgIpc) is 2.91. The maximum Gasteiger partial charge on any atom is 0.257 e. The van der Waals surface area contributed by atoms with Gasteiger partial charge in [0.2, 0.25) is 0 Å². The number of ether oxygens (including phenoxy) is 2. The number of aromatic nitrogens is 1. The van der Waals surface area contributed by atoms with Crippen LogP contribution in [0.3, 0.4) is 0 Å². The molecule has 0 fully saturated rings. The monoisotopic (exact) mass is 278 g/mol. The summed E-state index contributed by atoms with van der Waals surface area (Å²) in [5.74, 6) is 0.985. The van der Waals surface area contributed by atoms with E-state index in [0.717, 1.165) is 5.56 Å². The fourth-order valence-electron chi connectivity index (χ4n) is 1.67. The van der Waals surface area contributed by atoms with Crippen molar-refractivity contribution in [1.82, 2.24) is 4.98 Å². The van der Waals surface area contributed by atoms with Gasteiger partial charge in [0.15, 0.2) is 5.13 Å². The molecule has 0 spiro atoms. The zero-order valence-corrected chi connectivity index (χ0v) is 11.7. The molecule has 100 valence electrons. The lowest BCUT2D eigenvalue weighted by molar-refractivity contribution is 0.102. The molecule has 2 rings (SSSR count). The van der Waals surface area contributed by atoms with E-state index in [-0.39, 0.29) is 5.91 Å². The van der Waals surface area contributed by atoms with Gasteiger partial charge in [-0.25, -0.2) is 4.98 Å².